The third-order valence-electron chi connectivity index (χ3n) is 9.98. The van der Waals surface area contributed by atoms with E-state index in [1.807, 2.05) is 0 Å². The number of carboxylic acids is 1. The van der Waals surface area contributed by atoms with Crippen LogP contribution in [-0.2, 0) is 14.3 Å². The number of benzene rings is 4. The summed E-state index contributed by atoms with van der Waals surface area (Å²) in [5.41, 5.74) is 0.351. The number of phenolic OH excluding ortho intramolecular Hbond substituents is 1. The number of phenols is 1. The smallest absolute Gasteiger partial charge is 0.356 e. The van der Waals surface area contributed by atoms with E-state index in [-0.39, 0.29) is 60.9 Å². The van der Waals surface area contributed by atoms with Crippen LogP contribution in [0.2, 0.25) is 0 Å². The SMILES string of the molecule is COC1=CC(=O)C=C(C)[C@]1(O)C(=O)Oc1c(C)c(C)c(C(=O)Oc2cc(C)c(C(=O)Oc3c(C)c(C)c(C(=O)O)c4ccccc34)c(C)c2C)c(O)c1Br. The molecule has 3 N–H and O–H groups in total. The summed E-state index contributed by atoms with van der Waals surface area (Å²) in [6, 6.07) is 8.28. The topological polar surface area (TPSA) is 183 Å². The molecule has 54 heavy (non-hydrogen) atoms. The fraction of sp³-hybridized carbons (Fsp3) is 0.244. The van der Waals surface area contributed by atoms with E-state index >= 15 is 0 Å². The lowest BCUT2D eigenvalue weighted by Crippen LogP contribution is -2.47. The van der Waals surface area contributed by atoms with E-state index in [1.54, 1.807) is 58.9 Å². The molecular weight excluding hydrogens is 764 g/mol. The number of carbonyl (C=O) groups is 5. The molecule has 0 aliphatic heterocycles. The zero-order valence-corrected chi connectivity index (χ0v) is 32.5. The Balaban J connectivity index is 1.46. The van der Waals surface area contributed by atoms with Gasteiger partial charge >= 0.3 is 23.9 Å². The summed E-state index contributed by atoms with van der Waals surface area (Å²) in [6.07, 6.45) is 2.03. The number of methoxy groups -OCH3 is 1. The van der Waals surface area contributed by atoms with Gasteiger partial charge in [-0.25, -0.2) is 19.2 Å². The molecular formula is C41H37BrO12. The summed E-state index contributed by atoms with van der Waals surface area (Å²) in [6.45, 7) is 12.7. The quantitative estimate of drug-likeness (QED) is 0.120. The van der Waals surface area contributed by atoms with Crippen LogP contribution < -0.4 is 14.2 Å². The van der Waals surface area contributed by atoms with E-state index < -0.39 is 41.0 Å². The van der Waals surface area contributed by atoms with Crippen molar-refractivity contribution in [3.8, 4) is 23.0 Å². The Morgan fingerprint density at radius 3 is 1.87 bits per heavy atom. The molecule has 0 amide bonds. The second-order valence-electron chi connectivity index (χ2n) is 13.1. The largest absolute Gasteiger partial charge is 0.506 e. The second kappa shape index (κ2) is 14.6. The van der Waals surface area contributed by atoms with E-state index in [0.717, 1.165) is 12.2 Å². The van der Waals surface area contributed by atoms with Crippen LogP contribution in [0, 0.1) is 48.5 Å². The van der Waals surface area contributed by atoms with Crippen molar-refractivity contribution in [2.75, 3.05) is 7.11 Å². The van der Waals surface area contributed by atoms with Crippen LogP contribution in [0.25, 0.3) is 10.8 Å². The molecule has 0 saturated heterocycles. The van der Waals surface area contributed by atoms with Gasteiger partial charge in [-0.05, 0) is 128 Å². The molecule has 4 aromatic carbocycles. The second-order valence-corrected chi connectivity index (χ2v) is 13.9. The summed E-state index contributed by atoms with van der Waals surface area (Å²) in [4.78, 5) is 64.9. The van der Waals surface area contributed by atoms with Gasteiger partial charge in [0.15, 0.2) is 11.5 Å². The number of aromatic hydroxyl groups is 1. The van der Waals surface area contributed by atoms with Crippen LogP contribution in [0.15, 0.2) is 58.3 Å². The summed E-state index contributed by atoms with van der Waals surface area (Å²) in [5.74, 6) is -5.25. The Labute approximate surface area is 318 Å². The predicted molar refractivity (Wildman–Crippen MR) is 201 cm³/mol. The van der Waals surface area contributed by atoms with Crippen molar-refractivity contribution in [2.45, 2.75) is 61.0 Å². The van der Waals surface area contributed by atoms with Crippen LogP contribution in [-0.4, -0.2) is 57.7 Å². The fourth-order valence-electron chi connectivity index (χ4n) is 6.54. The molecule has 0 fully saturated rings. The summed E-state index contributed by atoms with van der Waals surface area (Å²) in [7, 11) is 1.19. The standard InChI is InChI=1S/C41H37BrO12/c1-17-14-28(19(3)20(4)30(17)38(47)53-35-23(7)21(5)31(37(45)46)26-12-10-11-13-27(26)35)52-39(48)32-22(6)24(8)36(33(42)34(32)44)54-40(49)41(50)18(2)15-25(43)16-29(41)51-9/h10-16,44,50H,1-9H3,(H,45,46)/t41-/m1/s1. The first-order valence-corrected chi connectivity index (χ1v) is 17.3. The van der Waals surface area contributed by atoms with Crippen molar-refractivity contribution in [2.24, 2.45) is 0 Å². The molecule has 280 valence electrons. The molecule has 1 aliphatic rings. The van der Waals surface area contributed by atoms with Crippen molar-refractivity contribution in [3.63, 3.8) is 0 Å². The highest BCUT2D eigenvalue weighted by Gasteiger charge is 2.48. The molecule has 0 bridgehead atoms. The third-order valence-corrected chi connectivity index (χ3v) is 10.7. The molecule has 0 heterocycles. The van der Waals surface area contributed by atoms with E-state index in [1.165, 1.54) is 33.9 Å². The minimum atomic E-state index is -2.43. The maximum absolute atomic E-state index is 13.8. The number of carbonyl (C=O) groups excluding carboxylic acids is 4. The highest BCUT2D eigenvalue weighted by molar-refractivity contribution is 9.10. The molecule has 4 aromatic rings. The van der Waals surface area contributed by atoms with Gasteiger partial charge in [-0.15, -0.1) is 0 Å². The Morgan fingerprint density at radius 1 is 0.704 bits per heavy atom. The third kappa shape index (κ3) is 6.43. The fourth-order valence-corrected chi connectivity index (χ4v) is 7.12. The highest BCUT2D eigenvalue weighted by Crippen LogP contribution is 2.44. The predicted octanol–water partition coefficient (Wildman–Crippen LogP) is 7.30. The van der Waals surface area contributed by atoms with Crippen LogP contribution in [0.5, 0.6) is 23.0 Å². The molecule has 13 heteroatoms. The number of ketones is 1. The minimum Gasteiger partial charge on any atom is -0.506 e. The molecule has 0 unspecified atom stereocenters. The number of carboxylic acid groups (broad SMARTS) is 1. The monoisotopic (exact) mass is 800 g/mol. The van der Waals surface area contributed by atoms with E-state index in [0.29, 0.717) is 38.6 Å². The number of halogens is 1. The van der Waals surface area contributed by atoms with Gasteiger partial charge in [0.1, 0.15) is 33.0 Å². The number of aryl methyl sites for hydroxylation is 1. The number of allylic oxidation sites excluding steroid dienone is 2. The Hall–Kier alpha value is -5.79. The van der Waals surface area contributed by atoms with Gasteiger partial charge in [-0.2, -0.15) is 0 Å². The Morgan fingerprint density at radius 2 is 1.26 bits per heavy atom. The van der Waals surface area contributed by atoms with Crippen molar-refractivity contribution >= 4 is 56.4 Å². The maximum Gasteiger partial charge on any atom is 0.356 e. The first-order chi connectivity index (χ1) is 25.3. The van der Waals surface area contributed by atoms with E-state index in [9.17, 15) is 39.3 Å². The number of hydrogen-bond donors (Lipinski definition) is 3. The van der Waals surface area contributed by atoms with Gasteiger partial charge in [-0.3, -0.25) is 4.79 Å². The number of aliphatic hydroxyl groups is 1. The zero-order chi connectivity index (χ0) is 40.1. The van der Waals surface area contributed by atoms with Gasteiger partial charge in [0, 0.05) is 16.8 Å². The van der Waals surface area contributed by atoms with Crippen LogP contribution in [0.3, 0.4) is 0 Å². The first-order valence-electron chi connectivity index (χ1n) is 16.5. The van der Waals surface area contributed by atoms with E-state index in [2.05, 4.69) is 15.9 Å². The normalized spacial score (nSPS) is 15.4. The number of ether oxygens (including phenoxy) is 4. The molecule has 1 atom stereocenters. The summed E-state index contributed by atoms with van der Waals surface area (Å²) < 4.78 is 22.3. The zero-order valence-electron chi connectivity index (χ0n) is 30.9. The number of hydrogen-bond acceptors (Lipinski definition) is 11. The molecule has 5 rings (SSSR count). The van der Waals surface area contributed by atoms with Gasteiger partial charge in [-0.1, -0.05) is 24.3 Å². The van der Waals surface area contributed by atoms with Crippen molar-refractivity contribution in [3.05, 3.63) is 114 Å². The number of fused-ring (bicyclic) bond motifs is 1. The molecule has 0 saturated carbocycles. The first kappa shape index (κ1) is 39.4. The molecule has 0 spiro atoms. The van der Waals surface area contributed by atoms with Crippen molar-refractivity contribution in [1.82, 2.24) is 0 Å². The van der Waals surface area contributed by atoms with Gasteiger partial charge in [0.25, 0.3) is 0 Å². The average molecular weight is 802 g/mol. The van der Waals surface area contributed by atoms with Gasteiger partial charge < -0.3 is 34.3 Å². The van der Waals surface area contributed by atoms with Gasteiger partial charge in [0.2, 0.25) is 5.60 Å². The Bertz CT molecular complexity index is 2390. The van der Waals surface area contributed by atoms with E-state index in [4.69, 9.17) is 18.9 Å². The minimum absolute atomic E-state index is 0.0416. The lowest BCUT2D eigenvalue weighted by molar-refractivity contribution is -0.151. The number of aromatic carboxylic acids is 1. The summed E-state index contributed by atoms with van der Waals surface area (Å²) in [5, 5.41) is 33.3. The number of rotatable bonds is 8. The number of esters is 3. The maximum atomic E-state index is 13.8. The molecule has 12 nitrogen and oxygen atoms in total. The van der Waals surface area contributed by atoms with Crippen LogP contribution in [0.4, 0.5) is 0 Å². The lowest BCUT2D eigenvalue weighted by atomic mass is 9.87. The molecule has 1 aliphatic carbocycles. The Kier molecular flexibility index (Phi) is 10.6. The van der Waals surface area contributed by atoms with Crippen LogP contribution in [0.1, 0.15) is 76.9 Å². The molecule has 0 radical (unpaired) electrons. The van der Waals surface area contributed by atoms with Crippen LogP contribution >= 0.6 is 15.9 Å². The average Bonchev–Trinajstić information content (AvgIpc) is 3.11. The van der Waals surface area contributed by atoms with Gasteiger partial charge in [0.05, 0.1) is 18.2 Å². The van der Waals surface area contributed by atoms with Crippen molar-refractivity contribution in [1.29, 1.82) is 0 Å². The molecule has 0 aromatic heterocycles. The summed E-state index contributed by atoms with van der Waals surface area (Å²) >= 11 is 3.21. The van der Waals surface area contributed by atoms with Crippen molar-refractivity contribution < 1.29 is 58.2 Å². The highest BCUT2D eigenvalue weighted by atomic mass is 79.9. The lowest BCUT2D eigenvalue weighted by Gasteiger charge is -2.30.